The lowest BCUT2D eigenvalue weighted by molar-refractivity contribution is -0.125. The second-order valence-electron chi connectivity index (χ2n) is 12.1. The Kier molecular flexibility index (Phi) is 7.83. The maximum Gasteiger partial charge on any atom is 0.258 e. The number of amides is 4. The van der Waals surface area contributed by atoms with Crippen molar-refractivity contribution in [2.24, 2.45) is 17.8 Å². The standard InChI is InChI=1S/C33H20Cl2F5IN2O6/c1-49-18-4-2-3-17(44)20(18)21-14-9-10-15-19(29(46)42(28(15)45)13-7-5-12(41)6-8-13)16(14)11-32(34)30(47)43(31(48)33(21,32)35)27-25(39)23(37)22(36)24(38)26(27)40/h2-9,15-16,19,21,44H,10-11H2,1H3. The minimum absolute atomic E-state index is 0.0555. The molecule has 0 aromatic heterocycles. The van der Waals surface area contributed by atoms with Crippen molar-refractivity contribution in [2.75, 3.05) is 16.9 Å². The number of halogens is 8. The third-order valence-corrected chi connectivity index (χ3v) is 12.0. The molecule has 6 unspecified atom stereocenters. The molecule has 49 heavy (non-hydrogen) atoms. The molecule has 7 rings (SSSR count). The molecule has 3 aromatic carbocycles. The van der Waals surface area contributed by atoms with Gasteiger partial charge in [-0.1, -0.05) is 17.7 Å². The number of hydrogen-bond donors (Lipinski definition) is 1. The number of imide groups is 2. The molecule has 16 heteroatoms. The second-order valence-corrected chi connectivity index (χ2v) is 14.6. The van der Waals surface area contributed by atoms with E-state index in [0.29, 0.717) is 0 Å². The number of phenolic OH excluding ortho intramolecular Hbond substituents is 1. The van der Waals surface area contributed by atoms with Crippen molar-refractivity contribution in [3.8, 4) is 11.5 Å². The lowest BCUT2D eigenvalue weighted by atomic mass is 9.56. The van der Waals surface area contributed by atoms with E-state index in [1.807, 2.05) is 0 Å². The lowest BCUT2D eigenvalue weighted by Crippen LogP contribution is -2.60. The molecule has 2 aliphatic carbocycles. The van der Waals surface area contributed by atoms with Crippen LogP contribution in [0.3, 0.4) is 0 Å². The van der Waals surface area contributed by atoms with Gasteiger partial charge in [0.2, 0.25) is 17.6 Å². The zero-order valence-electron chi connectivity index (χ0n) is 24.7. The van der Waals surface area contributed by atoms with Crippen molar-refractivity contribution in [3.63, 3.8) is 0 Å². The van der Waals surface area contributed by atoms with Gasteiger partial charge in [0, 0.05) is 15.1 Å². The number of phenols is 1. The zero-order chi connectivity index (χ0) is 35.5. The topological polar surface area (TPSA) is 104 Å². The second kappa shape index (κ2) is 11.4. The van der Waals surface area contributed by atoms with Crippen LogP contribution < -0.4 is 14.5 Å². The zero-order valence-corrected chi connectivity index (χ0v) is 28.4. The van der Waals surface area contributed by atoms with Crippen molar-refractivity contribution >= 4 is 80.8 Å². The summed E-state index contributed by atoms with van der Waals surface area (Å²) in [6.45, 7) is 0. The number of allylic oxidation sites excluding steroid dienone is 2. The van der Waals surface area contributed by atoms with E-state index in [1.54, 1.807) is 24.3 Å². The van der Waals surface area contributed by atoms with Crippen LogP contribution in [-0.4, -0.2) is 45.6 Å². The molecule has 4 aliphatic rings. The fourth-order valence-electron chi connectivity index (χ4n) is 7.73. The summed E-state index contributed by atoms with van der Waals surface area (Å²) in [5.74, 6) is -22.4. The molecule has 0 spiro atoms. The van der Waals surface area contributed by atoms with Crippen LogP contribution in [0.15, 0.2) is 54.1 Å². The maximum atomic E-state index is 15.2. The van der Waals surface area contributed by atoms with Crippen LogP contribution >= 0.6 is 45.8 Å². The first-order valence-corrected chi connectivity index (χ1v) is 16.4. The summed E-state index contributed by atoms with van der Waals surface area (Å²) in [4.78, 5) is 51.8. The van der Waals surface area contributed by atoms with Gasteiger partial charge in [0.1, 0.15) is 17.2 Å². The molecule has 4 amide bonds. The van der Waals surface area contributed by atoms with Crippen LogP contribution in [0.25, 0.3) is 0 Å². The number of alkyl halides is 2. The number of aromatic hydroxyl groups is 1. The minimum atomic E-state index is -2.80. The van der Waals surface area contributed by atoms with Gasteiger partial charge >= 0.3 is 0 Å². The first kappa shape index (κ1) is 33.7. The fourth-order valence-corrected chi connectivity index (χ4v) is 9.01. The predicted octanol–water partition coefficient (Wildman–Crippen LogP) is 6.47. The molecular weight excluding hydrogens is 813 g/mol. The van der Waals surface area contributed by atoms with Gasteiger partial charge < -0.3 is 9.84 Å². The van der Waals surface area contributed by atoms with E-state index in [1.165, 1.54) is 31.4 Å². The first-order valence-electron chi connectivity index (χ1n) is 14.6. The Morgan fingerprint density at radius 2 is 1.45 bits per heavy atom. The minimum Gasteiger partial charge on any atom is -0.508 e. The van der Waals surface area contributed by atoms with Gasteiger partial charge in [-0.05, 0) is 77.7 Å². The molecule has 1 N–H and O–H groups in total. The number of ether oxygens (including phenoxy) is 1. The van der Waals surface area contributed by atoms with Crippen molar-refractivity contribution in [3.05, 3.63) is 92.3 Å². The average Bonchev–Trinajstić information content (AvgIpc) is 3.42. The highest BCUT2D eigenvalue weighted by atomic mass is 127. The lowest BCUT2D eigenvalue weighted by Gasteiger charge is -2.50. The Bertz CT molecular complexity index is 2040. The van der Waals surface area contributed by atoms with Crippen LogP contribution in [0.4, 0.5) is 33.3 Å². The number of carbonyl (C=O) groups is 4. The number of benzene rings is 3. The van der Waals surface area contributed by atoms with Crippen LogP contribution in [0, 0.1) is 50.4 Å². The van der Waals surface area contributed by atoms with Crippen LogP contribution in [0.5, 0.6) is 11.5 Å². The number of anilines is 2. The summed E-state index contributed by atoms with van der Waals surface area (Å²) < 4.78 is 79.6. The fraction of sp³-hybridized carbons (Fsp3) is 0.273. The Labute approximate surface area is 297 Å². The third-order valence-electron chi connectivity index (χ3n) is 9.86. The highest BCUT2D eigenvalue weighted by molar-refractivity contribution is 14.1. The van der Waals surface area contributed by atoms with Crippen molar-refractivity contribution in [2.45, 2.75) is 28.5 Å². The number of hydrogen-bond acceptors (Lipinski definition) is 6. The van der Waals surface area contributed by atoms with E-state index in [-0.39, 0.29) is 33.9 Å². The molecule has 254 valence electrons. The van der Waals surface area contributed by atoms with Crippen molar-refractivity contribution in [1.29, 1.82) is 0 Å². The van der Waals surface area contributed by atoms with E-state index in [0.717, 1.165) is 8.47 Å². The van der Waals surface area contributed by atoms with E-state index < -0.39 is 104 Å². The molecule has 2 saturated heterocycles. The highest BCUT2D eigenvalue weighted by Gasteiger charge is 2.77. The van der Waals surface area contributed by atoms with Gasteiger partial charge in [-0.25, -0.2) is 26.9 Å². The smallest absolute Gasteiger partial charge is 0.258 e. The Morgan fingerprint density at radius 3 is 2.06 bits per heavy atom. The predicted molar refractivity (Wildman–Crippen MR) is 173 cm³/mol. The molecule has 1 saturated carbocycles. The molecule has 0 bridgehead atoms. The van der Waals surface area contributed by atoms with E-state index in [4.69, 9.17) is 27.9 Å². The average molecular weight is 833 g/mol. The molecule has 3 fully saturated rings. The monoisotopic (exact) mass is 832 g/mol. The van der Waals surface area contributed by atoms with E-state index in [9.17, 15) is 37.5 Å². The molecule has 2 aliphatic heterocycles. The van der Waals surface area contributed by atoms with Crippen LogP contribution in [0.2, 0.25) is 0 Å². The number of methoxy groups -OCH3 is 1. The summed E-state index contributed by atoms with van der Waals surface area (Å²) in [7, 11) is 1.22. The molecule has 0 radical (unpaired) electrons. The quantitative estimate of drug-likeness (QED) is 0.0616. The maximum absolute atomic E-state index is 15.2. The summed E-state index contributed by atoms with van der Waals surface area (Å²) in [5, 5.41) is 11.2. The SMILES string of the molecule is COc1cccc(O)c1C1C2=CCC3C(=O)N(c4ccc(I)cc4)C(=O)C3C2CC2(Cl)C(=O)N(c3c(F)c(F)c(F)c(F)c3F)C(=O)C12Cl. The van der Waals surface area contributed by atoms with Gasteiger partial charge in [-0.3, -0.25) is 24.1 Å². The van der Waals surface area contributed by atoms with Crippen LogP contribution in [-0.2, 0) is 19.2 Å². The first-order chi connectivity index (χ1) is 23.1. The Hall–Kier alpha value is -3.76. The summed E-state index contributed by atoms with van der Waals surface area (Å²) in [6.07, 6.45) is 0.804. The molecule has 2 heterocycles. The summed E-state index contributed by atoms with van der Waals surface area (Å²) >= 11 is 16.3. The number of nitrogens with zero attached hydrogens (tertiary/aromatic N) is 2. The largest absolute Gasteiger partial charge is 0.508 e. The number of fused-ring (bicyclic) bond motifs is 4. The third kappa shape index (κ3) is 4.32. The normalized spacial score (nSPS) is 29.2. The molecule has 6 atom stereocenters. The van der Waals surface area contributed by atoms with Crippen LogP contribution in [0.1, 0.15) is 24.3 Å². The van der Waals surface area contributed by atoms with E-state index in [2.05, 4.69) is 22.6 Å². The summed E-state index contributed by atoms with van der Waals surface area (Å²) in [5.41, 5.74) is -1.64. The Balaban J connectivity index is 1.46. The Morgan fingerprint density at radius 1 is 0.837 bits per heavy atom. The summed E-state index contributed by atoms with van der Waals surface area (Å²) in [6, 6.07) is 10.5. The van der Waals surface area contributed by atoms with Gasteiger partial charge in [-0.15, -0.1) is 23.2 Å². The van der Waals surface area contributed by atoms with E-state index >= 15 is 8.78 Å². The molecular formula is C33H20Cl2F5IN2O6. The van der Waals surface area contributed by atoms with Crippen molar-refractivity contribution < 1.29 is 51.0 Å². The number of rotatable bonds is 4. The molecule has 3 aromatic rings. The van der Waals surface area contributed by atoms with Gasteiger partial charge in [0.15, 0.2) is 33.0 Å². The van der Waals surface area contributed by atoms with Gasteiger partial charge in [0.05, 0.1) is 24.6 Å². The van der Waals surface area contributed by atoms with Gasteiger partial charge in [-0.2, -0.15) is 0 Å². The van der Waals surface area contributed by atoms with Gasteiger partial charge in [0.25, 0.3) is 11.8 Å². The highest BCUT2D eigenvalue weighted by Crippen LogP contribution is 2.67. The van der Waals surface area contributed by atoms with Crippen molar-refractivity contribution in [1.82, 2.24) is 0 Å². The molecule has 8 nitrogen and oxygen atoms in total. The number of carbonyl (C=O) groups excluding carboxylic acids is 4.